The molecule has 0 amide bonds. The molecule has 0 saturated heterocycles. The summed E-state index contributed by atoms with van der Waals surface area (Å²) in [5, 5.41) is 31.8. The molecule has 0 rings (SSSR count). The van der Waals surface area contributed by atoms with Crippen molar-refractivity contribution < 1.29 is 38.4 Å². The molecular weight excluding hydrogens is 181 g/mol. The van der Waals surface area contributed by atoms with Gasteiger partial charge in [0.2, 0.25) is 0 Å². The van der Waals surface area contributed by atoms with Gasteiger partial charge in [-0.25, -0.2) is 4.57 Å². The van der Waals surface area contributed by atoms with E-state index < -0.39 is 22.5 Å². The molecule has 0 saturated carbocycles. The minimum atomic E-state index is -4.80. The van der Waals surface area contributed by atoms with Crippen LogP contribution in [0.25, 0.3) is 0 Å². The fourth-order valence-electron chi connectivity index (χ4n) is 0.263. The molecule has 11 heteroatoms. The highest BCUT2D eigenvalue weighted by atomic mass is 31.2. The second-order valence-corrected chi connectivity index (χ2v) is 2.69. The van der Waals surface area contributed by atoms with Crippen LogP contribution in [0, 0.1) is 0 Å². The quantitative estimate of drug-likeness (QED) is 0.232. The monoisotopic (exact) mass is 186 g/mol. The molecule has 0 fully saturated rings. The van der Waals surface area contributed by atoms with Gasteiger partial charge in [-0.2, -0.15) is 0 Å². The first-order valence-electron chi connectivity index (χ1n) is 2.25. The summed E-state index contributed by atoms with van der Waals surface area (Å²) in [7, 11) is -9.85. The maximum Gasteiger partial charge on any atom is 0.642 e. The lowest BCUT2D eigenvalue weighted by molar-refractivity contribution is 0.194. The molecule has 0 aliphatic heterocycles. The Morgan fingerprint density at radius 3 is 1.45 bits per heavy atom. The number of phosphoric acid groups is 1. The number of hydrogen-bond acceptors (Lipinski definition) is 7. The van der Waals surface area contributed by atoms with Gasteiger partial charge in [0.1, 0.15) is 0 Å². The Balaban J connectivity index is 3.91. The van der Waals surface area contributed by atoms with E-state index in [1.807, 2.05) is 0 Å². The zero-order valence-electron chi connectivity index (χ0n) is 5.06. The summed E-state index contributed by atoms with van der Waals surface area (Å²) < 4.78 is 17.2. The standard InChI is InChI=1S/B2H5O8P/c3-1(4)9-11(7,8)10-2(5)6/h3-6H,(H,7,8). The molecule has 0 spiro atoms. The van der Waals surface area contributed by atoms with Crippen LogP contribution >= 0.6 is 7.82 Å². The molecular formula is H5B2O8P. The van der Waals surface area contributed by atoms with Crippen molar-refractivity contribution >= 4 is 22.5 Å². The maximum absolute atomic E-state index is 10.3. The van der Waals surface area contributed by atoms with Gasteiger partial charge in [0.05, 0.1) is 0 Å². The average Bonchev–Trinajstić information content (AvgIpc) is 1.53. The van der Waals surface area contributed by atoms with Crippen molar-refractivity contribution in [2.75, 3.05) is 0 Å². The first-order valence-corrected chi connectivity index (χ1v) is 3.75. The largest absolute Gasteiger partial charge is 0.642 e. The van der Waals surface area contributed by atoms with E-state index in [0.29, 0.717) is 0 Å². The lowest BCUT2D eigenvalue weighted by atomic mass is 10.3. The van der Waals surface area contributed by atoms with E-state index in [2.05, 4.69) is 8.88 Å². The van der Waals surface area contributed by atoms with E-state index in [9.17, 15) is 4.57 Å². The lowest BCUT2D eigenvalue weighted by Gasteiger charge is -2.09. The molecule has 0 heterocycles. The summed E-state index contributed by atoms with van der Waals surface area (Å²) >= 11 is 0. The van der Waals surface area contributed by atoms with E-state index in [4.69, 9.17) is 25.0 Å². The molecule has 5 N–H and O–H groups in total. The minimum absolute atomic E-state index is 2.52. The Kier molecular flexibility index (Phi) is 4.22. The Morgan fingerprint density at radius 2 is 1.27 bits per heavy atom. The van der Waals surface area contributed by atoms with Gasteiger partial charge >= 0.3 is 22.5 Å². The van der Waals surface area contributed by atoms with Crippen LogP contribution in [0.15, 0.2) is 0 Å². The SMILES string of the molecule is O=P(O)(OB(O)O)OB(O)O. The zero-order chi connectivity index (χ0) is 9.07. The molecule has 0 atom stereocenters. The molecule has 0 aromatic carbocycles. The van der Waals surface area contributed by atoms with Gasteiger partial charge in [0, 0.05) is 0 Å². The van der Waals surface area contributed by atoms with Crippen LogP contribution in [-0.4, -0.2) is 39.6 Å². The molecule has 0 bridgehead atoms. The summed E-state index contributed by atoms with van der Waals surface area (Å²) in [6, 6.07) is 0. The molecule has 0 aromatic heterocycles. The Bertz CT molecular complexity index is 138. The van der Waals surface area contributed by atoms with E-state index in [1.165, 1.54) is 0 Å². The van der Waals surface area contributed by atoms with E-state index >= 15 is 0 Å². The van der Waals surface area contributed by atoms with Crippen molar-refractivity contribution in [3.8, 4) is 0 Å². The van der Waals surface area contributed by atoms with Crippen molar-refractivity contribution in [3.05, 3.63) is 0 Å². The van der Waals surface area contributed by atoms with Crippen molar-refractivity contribution in [2.24, 2.45) is 0 Å². The van der Waals surface area contributed by atoms with Crippen LogP contribution < -0.4 is 0 Å². The van der Waals surface area contributed by atoms with Crippen LogP contribution in [0.5, 0.6) is 0 Å². The molecule has 11 heavy (non-hydrogen) atoms. The molecule has 8 nitrogen and oxygen atoms in total. The van der Waals surface area contributed by atoms with Crippen LogP contribution in [0.4, 0.5) is 0 Å². The van der Waals surface area contributed by atoms with Crippen molar-refractivity contribution in [2.45, 2.75) is 0 Å². The second kappa shape index (κ2) is 4.19. The van der Waals surface area contributed by atoms with Crippen LogP contribution in [0.2, 0.25) is 0 Å². The summed E-state index contributed by atoms with van der Waals surface area (Å²) in [6.07, 6.45) is 0. The van der Waals surface area contributed by atoms with Gasteiger partial charge < -0.3 is 25.0 Å². The first kappa shape index (κ1) is 11.1. The highest BCUT2D eigenvalue weighted by Crippen LogP contribution is 2.43. The molecule has 0 radical (unpaired) electrons. The van der Waals surface area contributed by atoms with Gasteiger partial charge in [-0.1, -0.05) is 0 Å². The van der Waals surface area contributed by atoms with Gasteiger partial charge in [0.15, 0.2) is 0 Å². The Morgan fingerprint density at radius 1 is 1.00 bits per heavy atom. The topological polar surface area (TPSA) is 137 Å². The third-order valence-corrected chi connectivity index (χ3v) is 1.36. The average molecular weight is 186 g/mol. The molecule has 0 aliphatic rings. The predicted octanol–water partition coefficient (Wildman–Crippen LogP) is -2.94. The predicted molar refractivity (Wildman–Crippen MR) is 32.4 cm³/mol. The minimum Gasteiger partial charge on any atom is -0.401 e. The Labute approximate surface area is 62.0 Å². The summed E-state index contributed by atoms with van der Waals surface area (Å²) in [5.41, 5.74) is 0. The first-order chi connectivity index (χ1) is 4.83. The van der Waals surface area contributed by atoms with Crippen molar-refractivity contribution in [1.82, 2.24) is 0 Å². The fourth-order valence-corrected chi connectivity index (χ4v) is 0.789. The normalized spacial score (nSPS) is 11.4. The van der Waals surface area contributed by atoms with Crippen LogP contribution in [-0.2, 0) is 13.4 Å². The van der Waals surface area contributed by atoms with Crippen molar-refractivity contribution in [1.29, 1.82) is 0 Å². The Hall–Kier alpha value is 0.0799. The lowest BCUT2D eigenvalue weighted by Crippen LogP contribution is -2.21. The number of hydrogen-bond donors (Lipinski definition) is 5. The fraction of sp³-hybridized carbons (Fsp3) is 0. The number of rotatable bonds is 4. The van der Waals surface area contributed by atoms with E-state index in [1.54, 1.807) is 0 Å². The zero-order valence-corrected chi connectivity index (χ0v) is 5.96. The molecule has 0 aliphatic carbocycles. The van der Waals surface area contributed by atoms with Gasteiger partial charge in [-0.15, -0.1) is 0 Å². The highest BCUT2D eigenvalue weighted by molar-refractivity contribution is 7.49. The maximum atomic E-state index is 10.3. The highest BCUT2D eigenvalue weighted by Gasteiger charge is 2.32. The van der Waals surface area contributed by atoms with Crippen LogP contribution in [0.3, 0.4) is 0 Å². The third-order valence-electron chi connectivity index (χ3n) is 0.455. The van der Waals surface area contributed by atoms with Gasteiger partial charge in [-0.05, 0) is 0 Å². The summed E-state index contributed by atoms with van der Waals surface area (Å²) in [6.45, 7) is 0. The smallest absolute Gasteiger partial charge is 0.401 e. The summed E-state index contributed by atoms with van der Waals surface area (Å²) in [4.78, 5) is 8.33. The van der Waals surface area contributed by atoms with Crippen LogP contribution in [0.1, 0.15) is 0 Å². The summed E-state index contributed by atoms with van der Waals surface area (Å²) in [5.74, 6) is 0. The van der Waals surface area contributed by atoms with Gasteiger partial charge in [-0.3, -0.25) is 8.88 Å². The molecule has 0 aromatic rings. The van der Waals surface area contributed by atoms with E-state index in [-0.39, 0.29) is 0 Å². The van der Waals surface area contributed by atoms with Crippen molar-refractivity contribution in [3.63, 3.8) is 0 Å². The molecule has 64 valence electrons. The van der Waals surface area contributed by atoms with E-state index in [0.717, 1.165) is 0 Å². The third kappa shape index (κ3) is 6.48. The van der Waals surface area contributed by atoms with Gasteiger partial charge in [0.25, 0.3) is 0 Å². The second-order valence-electron chi connectivity index (χ2n) is 1.33. The molecule has 0 unspecified atom stereocenters.